The van der Waals surface area contributed by atoms with E-state index in [-0.39, 0.29) is 6.61 Å². The smallest absolute Gasteiger partial charge is 0.475 e. The molecule has 7 nitrogen and oxygen atoms in total. The molecule has 1 unspecified atom stereocenters. The average Bonchev–Trinajstić information content (AvgIpc) is 3.40. The maximum atomic E-state index is 10.6. The van der Waals surface area contributed by atoms with Crippen LogP contribution in [-0.2, 0) is 21.5 Å². The highest BCUT2D eigenvalue weighted by molar-refractivity contribution is 7.11. The number of alkyl halides is 6. The zero-order valence-corrected chi connectivity index (χ0v) is 21.8. The molecule has 1 fully saturated rings. The molecule has 0 radical (unpaired) electrons. The lowest BCUT2D eigenvalue weighted by Gasteiger charge is -2.40. The maximum Gasteiger partial charge on any atom is 0.490 e. The lowest BCUT2D eigenvalue weighted by Crippen LogP contribution is -2.42. The molecule has 2 aliphatic rings. The van der Waals surface area contributed by atoms with Gasteiger partial charge < -0.3 is 25.5 Å². The molecule has 1 atom stereocenters. The molecule has 1 spiro atoms. The number of benzene rings is 1. The highest BCUT2D eigenvalue weighted by Crippen LogP contribution is 2.50. The Kier molecular flexibility index (Phi) is 11.3. The maximum absolute atomic E-state index is 10.6. The standard InChI is InChI=1S/C21H28N2OS.2C2HF3O2/c1-16-6-7-17(25-16)15-22-20-14-21(19-5-3-2-4-18(19)20)8-10-23(11-9-21)12-13-24;2*3-2(4,5)1(6)7/h2-7,20,22,24H,8-15H2,1H3;2*(H,6,7). The van der Waals surface area contributed by atoms with Crippen LogP contribution in [0.2, 0.25) is 0 Å². The van der Waals surface area contributed by atoms with Gasteiger partial charge in [0.2, 0.25) is 0 Å². The minimum absolute atomic E-state index is 0.272. The van der Waals surface area contributed by atoms with E-state index in [4.69, 9.17) is 19.8 Å². The van der Waals surface area contributed by atoms with Gasteiger partial charge in [0.25, 0.3) is 0 Å². The predicted octanol–water partition coefficient (Wildman–Crippen LogP) is 4.88. The molecular formula is C25H30F6N2O5S. The van der Waals surface area contributed by atoms with E-state index >= 15 is 0 Å². The molecule has 1 aromatic heterocycles. The molecule has 2 aromatic rings. The van der Waals surface area contributed by atoms with Gasteiger partial charge in [0, 0.05) is 28.9 Å². The molecule has 4 N–H and O–H groups in total. The Morgan fingerprint density at radius 1 is 1.00 bits per heavy atom. The van der Waals surface area contributed by atoms with Crippen LogP contribution in [0.4, 0.5) is 26.3 Å². The number of thiophene rings is 1. The summed E-state index contributed by atoms with van der Waals surface area (Å²) in [6, 6.07) is 14.0. The summed E-state index contributed by atoms with van der Waals surface area (Å²) >= 11 is 1.89. The molecule has 218 valence electrons. The predicted molar refractivity (Wildman–Crippen MR) is 132 cm³/mol. The Morgan fingerprint density at radius 3 is 2.00 bits per heavy atom. The number of halogens is 6. The van der Waals surface area contributed by atoms with Crippen molar-refractivity contribution >= 4 is 23.3 Å². The van der Waals surface area contributed by atoms with E-state index in [0.29, 0.717) is 11.5 Å². The van der Waals surface area contributed by atoms with Gasteiger partial charge in [-0.25, -0.2) is 9.59 Å². The molecule has 0 amide bonds. The summed E-state index contributed by atoms with van der Waals surface area (Å²) < 4.78 is 63.5. The van der Waals surface area contributed by atoms with Crippen molar-refractivity contribution < 1.29 is 51.3 Å². The largest absolute Gasteiger partial charge is 0.490 e. The van der Waals surface area contributed by atoms with Crippen molar-refractivity contribution in [3.8, 4) is 0 Å². The normalized spacial score (nSPS) is 18.4. The fraction of sp³-hybridized carbons (Fsp3) is 0.520. The number of nitrogens with zero attached hydrogens (tertiary/aromatic N) is 1. The number of hydrogen-bond donors (Lipinski definition) is 4. The monoisotopic (exact) mass is 584 g/mol. The molecule has 1 saturated heterocycles. The SMILES string of the molecule is Cc1ccc(CNC2CC3(CCN(CCO)CC3)c3ccccc32)s1.O=C(O)C(F)(F)F.O=C(O)C(F)(F)F. The second kappa shape index (κ2) is 13.6. The summed E-state index contributed by atoms with van der Waals surface area (Å²) in [5.41, 5.74) is 3.40. The van der Waals surface area contributed by atoms with Crippen LogP contribution in [0.1, 0.15) is 46.2 Å². The van der Waals surface area contributed by atoms with Crippen molar-refractivity contribution in [1.29, 1.82) is 0 Å². The summed E-state index contributed by atoms with van der Waals surface area (Å²) in [7, 11) is 0. The summed E-state index contributed by atoms with van der Waals surface area (Å²) in [5.74, 6) is -5.51. The highest BCUT2D eigenvalue weighted by atomic mass is 32.1. The number of aliphatic hydroxyl groups is 1. The third-order valence-electron chi connectivity index (χ3n) is 6.54. The minimum atomic E-state index is -5.08. The van der Waals surface area contributed by atoms with E-state index in [1.54, 1.807) is 5.56 Å². The number of nitrogens with one attached hydrogen (secondary N) is 1. The number of aliphatic hydroxyl groups excluding tert-OH is 1. The number of aliphatic carboxylic acids is 2. The van der Waals surface area contributed by atoms with E-state index in [1.165, 1.54) is 34.6 Å². The van der Waals surface area contributed by atoms with Crippen LogP contribution in [0, 0.1) is 6.92 Å². The van der Waals surface area contributed by atoms with Crippen molar-refractivity contribution in [2.24, 2.45) is 0 Å². The zero-order valence-electron chi connectivity index (χ0n) is 21.0. The van der Waals surface area contributed by atoms with Crippen LogP contribution in [0.5, 0.6) is 0 Å². The molecule has 39 heavy (non-hydrogen) atoms. The van der Waals surface area contributed by atoms with Gasteiger partial charge in [-0.1, -0.05) is 24.3 Å². The van der Waals surface area contributed by atoms with Crippen LogP contribution < -0.4 is 5.32 Å². The van der Waals surface area contributed by atoms with Gasteiger partial charge in [-0.2, -0.15) is 26.3 Å². The van der Waals surface area contributed by atoms with Crippen LogP contribution >= 0.6 is 11.3 Å². The number of β-amino-alcohol motifs (C(OH)–C–C–N with tert-alkyl or cyclic N) is 1. The second-order valence-corrected chi connectivity index (χ2v) is 10.6. The van der Waals surface area contributed by atoms with E-state index in [9.17, 15) is 31.4 Å². The van der Waals surface area contributed by atoms with E-state index in [1.807, 2.05) is 11.3 Å². The van der Waals surface area contributed by atoms with Crippen molar-refractivity contribution in [3.63, 3.8) is 0 Å². The second-order valence-electron chi connectivity index (χ2n) is 9.19. The van der Waals surface area contributed by atoms with Gasteiger partial charge in [-0.3, -0.25) is 0 Å². The highest BCUT2D eigenvalue weighted by Gasteiger charge is 2.45. The lowest BCUT2D eigenvalue weighted by atomic mass is 9.73. The number of rotatable bonds is 5. The molecular weight excluding hydrogens is 554 g/mol. The van der Waals surface area contributed by atoms with E-state index in [0.717, 1.165) is 26.2 Å². The van der Waals surface area contributed by atoms with Crippen LogP contribution in [-0.4, -0.2) is 70.8 Å². The van der Waals surface area contributed by atoms with E-state index < -0.39 is 24.3 Å². The van der Waals surface area contributed by atoms with Crippen molar-refractivity contribution in [1.82, 2.24) is 10.2 Å². The van der Waals surface area contributed by atoms with Gasteiger partial charge in [-0.05, 0) is 68.0 Å². The number of carboxylic acid groups (broad SMARTS) is 2. The lowest BCUT2D eigenvalue weighted by molar-refractivity contribution is -0.193. The topological polar surface area (TPSA) is 110 Å². The Hall–Kier alpha value is -2.68. The summed E-state index contributed by atoms with van der Waals surface area (Å²) in [6.45, 7) is 6.43. The fourth-order valence-electron chi connectivity index (χ4n) is 4.70. The van der Waals surface area contributed by atoms with Crippen LogP contribution in [0.25, 0.3) is 0 Å². The van der Waals surface area contributed by atoms with Crippen molar-refractivity contribution in [2.75, 3.05) is 26.2 Å². The third kappa shape index (κ3) is 9.48. The van der Waals surface area contributed by atoms with Gasteiger partial charge >= 0.3 is 24.3 Å². The molecule has 0 saturated carbocycles. The Balaban J connectivity index is 0.000000317. The minimum Gasteiger partial charge on any atom is -0.475 e. The quantitative estimate of drug-likeness (QED) is 0.371. The number of carbonyl (C=O) groups is 2. The Bertz CT molecular complexity index is 1070. The molecule has 1 aromatic carbocycles. The first-order chi connectivity index (χ1) is 18.1. The number of piperidine rings is 1. The third-order valence-corrected chi connectivity index (χ3v) is 7.54. The zero-order chi connectivity index (χ0) is 29.4. The summed E-state index contributed by atoms with van der Waals surface area (Å²) in [5, 5.41) is 27.3. The summed E-state index contributed by atoms with van der Waals surface area (Å²) in [4.78, 5) is 23.0. The number of likely N-dealkylation sites (tertiary alicyclic amines) is 1. The Labute approximate surface area is 225 Å². The van der Waals surface area contributed by atoms with Gasteiger partial charge in [0.1, 0.15) is 0 Å². The Morgan fingerprint density at radius 2 is 1.54 bits per heavy atom. The van der Waals surface area contributed by atoms with Gasteiger partial charge in [0.15, 0.2) is 0 Å². The molecule has 1 aliphatic carbocycles. The van der Waals surface area contributed by atoms with Crippen molar-refractivity contribution in [2.45, 2.75) is 56.5 Å². The molecule has 4 rings (SSSR count). The summed E-state index contributed by atoms with van der Waals surface area (Å²) in [6.07, 6.45) is -6.54. The van der Waals surface area contributed by atoms with Crippen LogP contribution in [0.15, 0.2) is 36.4 Å². The first-order valence-corrected chi connectivity index (χ1v) is 12.7. The fourth-order valence-corrected chi connectivity index (χ4v) is 5.54. The number of carboxylic acids is 2. The molecule has 1 aliphatic heterocycles. The van der Waals surface area contributed by atoms with Crippen molar-refractivity contribution in [3.05, 3.63) is 57.3 Å². The first-order valence-electron chi connectivity index (χ1n) is 11.9. The number of aryl methyl sites for hydroxylation is 1. The molecule has 0 bridgehead atoms. The van der Waals surface area contributed by atoms with Crippen LogP contribution in [0.3, 0.4) is 0 Å². The van der Waals surface area contributed by atoms with Gasteiger partial charge in [-0.15, -0.1) is 11.3 Å². The average molecular weight is 585 g/mol. The molecule has 2 heterocycles. The molecule has 14 heteroatoms. The number of fused-ring (bicyclic) bond motifs is 2. The first kappa shape index (κ1) is 32.5. The van der Waals surface area contributed by atoms with Gasteiger partial charge in [0.05, 0.1) is 6.61 Å². The number of hydrogen-bond acceptors (Lipinski definition) is 6. The van der Waals surface area contributed by atoms with E-state index in [2.05, 4.69) is 53.5 Å².